The van der Waals surface area contributed by atoms with E-state index in [0.717, 1.165) is 22.4 Å². The van der Waals surface area contributed by atoms with Gasteiger partial charge < -0.3 is 9.47 Å². The molecule has 0 atom stereocenters. The highest BCUT2D eigenvalue weighted by Crippen LogP contribution is 2.39. The van der Waals surface area contributed by atoms with Crippen molar-refractivity contribution in [3.05, 3.63) is 70.1 Å². The summed E-state index contributed by atoms with van der Waals surface area (Å²) in [5.41, 5.74) is 4.90. The molecule has 0 aromatic heterocycles. The first-order chi connectivity index (χ1) is 14.4. The normalized spacial score (nSPS) is 15.1. The SMILES string of the molecule is C=CCc1cc(/C=C2/SC(=S)N(c3ccc(C)c(C)c3)C2=O)cc(OCC)c1OC. The smallest absolute Gasteiger partial charge is 0.270 e. The first kappa shape index (κ1) is 22.1. The van der Waals surface area contributed by atoms with E-state index in [1.54, 1.807) is 12.0 Å². The number of ether oxygens (including phenoxy) is 2. The number of amides is 1. The van der Waals surface area contributed by atoms with Gasteiger partial charge in [0.05, 0.1) is 24.3 Å². The molecule has 0 aliphatic carbocycles. The van der Waals surface area contributed by atoms with Crippen LogP contribution in [0.25, 0.3) is 6.08 Å². The predicted octanol–water partition coefficient (Wildman–Crippen LogP) is 5.85. The second kappa shape index (κ2) is 9.49. The van der Waals surface area contributed by atoms with Crippen LogP contribution in [-0.2, 0) is 11.2 Å². The monoisotopic (exact) mass is 439 g/mol. The van der Waals surface area contributed by atoms with E-state index in [9.17, 15) is 4.79 Å². The maximum Gasteiger partial charge on any atom is 0.270 e. The van der Waals surface area contributed by atoms with Crippen LogP contribution < -0.4 is 14.4 Å². The van der Waals surface area contributed by atoms with Crippen LogP contribution in [0.1, 0.15) is 29.2 Å². The minimum Gasteiger partial charge on any atom is -0.493 e. The number of carbonyl (C=O) groups is 1. The second-order valence-corrected chi connectivity index (χ2v) is 8.60. The lowest BCUT2D eigenvalue weighted by atomic mass is 10.0. The van der Waals surface area contributed by atoms with E-state index in [2.05, 4.69) is 6.58 Å². The minimum atomic E-state index is -0.118. The number of benzene rings is 2. The van der Waals surface area contributed by atoms with Crippen molar-refractivity contribution in [1.29, 1.82) is 0 Å². The average Bonchev–Trinajstić information content (AvgIpc) is 2.98. The summed E-state index contributed by atoms with van der Waals surface area (Å²) in [7, 11) is 1.62. The molecular weight excluding hydrogens is 414 g/mol. The lowest BCUT2D eigenvalue weighted by molar-refractivity contribution is -0.113. The number of aryl methyl sites for hydroxylation is 2. The van der Waals surface area contributed by atoms with Crippen LogP contribution in [0, 0.1) is 13.8 Å². The number of hydrogen-bond donors (Lipinski definition) is 0. The number of hydrogen-bond acceptors (Lipinski definition) is 5. The fourth-order valence-electron chi connectivity index (χ4n) is 3.27. The average molecular weight is 440 g/mol. The fourth-order valence-corrected chi connectivity index (χ4v) is 4.57. The van der Waals surface area contributed by atoms with Crippen molar-refractivity contribution in [2.75, 3.05) is 18.6 Å². The molecule has 0 N–H and O–H groups in total. The summed E-state index contributed by atoms with van der Waals surface area (Å²) in [6.45, 7) is 10.3. The Hall–Kier alpha value is -2.57. The van der Waals surface area contributed by atoms with Gasteiger partial charge in [-0.15, -0.1) is 6.58 Å². The third kappa shape index (κ3) is 4.45. The van der Waals surface area contributed by atoms with Crippen molar-refractivity contribution in [2.45, 2.75) is 27.2 Å². The molecule has 2 aromatic rings. The standard InChI is InChI=1S/C24H25NO3S2/c1-6-8-18-12-17(13-20(28-7-2)22(18)27-5)14-21-23(26)25(24(29)30-21)19-10-9-15(3)16(4)11-19/h6,9-14H,1,7-8H2,2-5H3/b21-14+. The van der Waals surface area contributed by atoms with Crippen LogP contribution >= 0.6 is 24.0 Å². The molecule has 156 valence electrons. The van der Waals surface area contributed by atoms with Crippen LogP contribution in [0.3, 0.4) is 0 Å². The van der Waals surface area contributed by atoms with Gasteiger partial charge in [-0.1, -0.05) is 36.1 Å². The van der Waals surface area contributed by atoms with Gasteiger partial charge in [-0.2, -0.15) is 0 Å². The molecule has 0 spiro atoms. The molecule has 1 heterocycles. The van der Waals surface area contributed by atoms with Gasteiger partial charge in [0.15, 0.2) is 15.8 Å². The number of methoxy groups -OCH3 is 1. The third-order valence-corrected chi connectivity index (χ3v) is 6.16. The van der Waals surface area contributed by atoms with Gasteiger partial charge in [-0.25, -0.2) is 0 Å². The summed E-state index contributed by atoms with van der Waals surface area (Å²) >= 11 is 6.82. The molecular formula is C24H25NO3S2. The topological polar surface area (TPSA) is 38.8 Å². The number of carbonyl (C=O) groups excluding carboxylic acids is 1. The van der Waals surface area contributed by atoms with Crippen LogP contribution in [-0.4, -0.2) is 23.9 Å². The predicted molar refractivity (Wildman–Crippen MR) is 130 cm³/mol. The lowest BCUT2D eigenvalue weighted by Gasteiger charge is -2.16. The molecule has 0 bridgehead atoms. The number of rotatable bonds is 7. The third-order valence-electron chi connectivity index (χ3n) is 4.86. The van der Waals surface area contributed by atoms with Crippen molar-refractivity contribution in [3.63, 3.8) is 0 Å². The number of thioether (sulfide) groups is 1. The highest BCUT2D eigenvalue weighted by molar-refractivity contribution is 8.27. The molecule has 0 saturated carbocycles. The van der Waals surface area contributed by atoms with Crippen molar-refractivity contribution in [2.24, 2.45) is 0 Å². The summed E-state index contributed by atoms with van der Waals surface area (Å²) in [5, 5.41) is 0. The van der Waals surface area contributed by atoms with Gasteiger partial charge >= 0.3 is 0 Å². The van der Waals surface area contributed by atoms with Crippen LogP contribution in [0.5, 0.6) is 11.5 Å². The van der Waals surface area contributed by atoms with E-state index in [-0.39, 0.29) is 5.91 Å². The second-order valence-electron chi connectivity index (χ2n) is 6.92. The van der Waals surface area contributed by atoms with E-state index >= 15 is 0 Å². The zero-order valence-corrected chi connectivity index (χ0v) is 19.3. The van der Waals surface area contributed by atoms with E-state index in [4.69, 9.17) is 21.7 Å². The molecule has 2 aromatic carbocycles. The molecule has 4 nitrogen and oxygen atoms in total. The van der Waals surface area contributed by atoms with Crippen molar-refractivity contribution < 1.29 is 14.3 Å². The van der Waals surface area contributed by atoms with Gasteiger partial charge in [-0.3, -0.25) is 9.69 Å². The maximum atomic E-state index is 13.1. The first-order valence-corrected chi connectivity index (χ1v) is 10.9. The molecule has 1 aliphatic heterocycles. The Morgan fingerprint density at radius 3 is 2.60 bits per heavy atom. The molecule has 1 saturated heterocycles. The zero-order chi connectivity index (χ0) is 21.8. The first-order valence-electron chi connectivity index (χ1n) is 9.69. The molecule has 3 rings (SSSR count). The Balaban J connectivity index is 2.00. The largest absolute Gasteiger partial charge is 0.493 e. The molecule has 6 heteroatoms. The molecule has 1 aliphatic rings. The summed E-state index contributed by atoms with van der Waals surface area (Å²) in [6, 6.07) is 9.81. The van der Waals surface area contributed by atoms with Crippen molar-refractivity contribution in [1.82, 2.24) is 0 Å². The minimum absolute atomic E-state index is 0.118. The fraction of sp³-hybridized carbons (Fsp3) is 0.250. The van der Waals surface area contributed by atoms with E-state index < -0.39 is 0 Å². The molecule has 30 heavy (non-hydrogen) atoms. The van der Waals surface area contributed by atoms with Crippen molar-refractivity contribution in [3.8, 4) is 11.5 Å². The number of anilines is 1. The van der Waals surface area contributed by atoms with E-state index in [0.29, 0.717) is 33.8 Å². The van der Waals surface area contributed by atoms with Crippen LogP contribution in [0.15, 0.2) is 47.9 Å². The Morgan fingerprint density at radius 2 is 1.97 bits per heavy atom. The van der Waals surface area contributed by atoms with E-state index in [1.807, 2.05) is 63.3 Å². The highest BCUT2D eigenvalue weighted by Gasteiger charge is 2.33. The molecule has 0 radical (unpaired) electrons. The van der Waals surface area contributed by atoms with Crippen LogP contribution in [0.2, 0.25) is 0 Å². The molecule has 1 fully saturated rings. The Morgan fingerprint density at radius 1 is 1.20 bits per heavy atom. The Bertz CT molecular complexity index is 1040. The quantitative estimate of drug-likeness (QED) is 0.308. The molecule has 0 unspecified atom stereocenters. The number of nitrogens with zero attached hydrogens (tertiary/aromatic N) is 1. The number of allylic oxidation sites excluding steroid dienone is 1. The Labute approximate surface area is 187 Å². The summed E-state index contributed by atoms with van der Waals surface area (Å²) in [6.07, 6.45) is 4.31. The summed E-state index contributed by atoms with van der Waals surface area (Å²) < 4.78 is 11.8. The van der Waals surface area contributed by atoms with Gasteiger partial charge in [0, 0.05) is 5.56 Å². The van der Waals surface area contributed by atoms with Gasteiger partial charge in [0.1, 0.15) is 0 Å². The number of thiocarbonyl (C=S) groups is 1. The Kier molecular flexibility index (Phi) is 7.00. The van der Waals surface area contributed by atoms with Crippen molar-refractivity contribution >= 4 is 46.0 Å². The highest BCUT2D eigenvalue weighted by atomic mass is 32.2. The summed E-state index contributed by atoms with van der Waals surface area (Å²) in [5.74, 6) is 1.22. The maximum absolute atomic E-state index is 13.1. The zero-order valence-electron chi connectivity index (χ0n) is 17.7. The lowest BCUT2D eigenvalue weighted by Crippen LogP contribution is -2.27. The molecule has 1 amide bonds. The van der Waals surface area contributed by atoms with Gasteiger partial charge in [-0.05, 0) is 74.2 Å². The summed E-state index contributed by atoms with van der Waals surface area (Å²) in [4.78, 5) is 15.3. The van der Waals surface area contributed by atoms with Crippen LogP contribution in [0.4, 0.5) is 5.69 Å². The van der Waals surface area contributed by atoms with Gasteiger partial charge in [0.2, 0.25) is 0 Å². The van der Waals surface area contributed by atoms with Gasteiger partial charge in [0.25, 0.3) is 5.91 Å². The van der Waals surface area contributed by atoms with E-state index in [1.165, 1.54) is 17.3 Å².